The van der Waals surface area contributed by atoms with Crippen molar-refractivity contribution in [2.24, 2.45) is 4.99 Å². The number of Topliss-reactive ketones (excluding diaryl/α,β-unsaturated/α-hetero) is 1. The van der Waals surface area contributed by atoms with E-state index in [2.05, 4.69) is 17.2 Å². The van der Waals surface area contributed by atoms with Gasteiger partial charge in [-0.15, -0.1) is 0 Å². The first-order valence-electron chi connectivity index (χ1n) is 12.4. The highest BCUT2D eigenvalue weighted by Crippen LogP contribution is 2.33. The van der Waals surface area contributed by atoms with Gasteiger partial charge in [0.05, 0.1) is 27.9 Å². The molecule has 1 amide bonds. The fourth-order valence-corrected chi connectivity index (χ4v) is 5.28. The summed E-state index contributed by atoms with van der Waals surface area (Å²) in [5.74, 6) is -0.561. The zero-order valence-corrected chi connectivity index (χ0v) is 24.1. The topological polar surface area (TPSA) is 77.0 Å². The van der Waals surface area contributed by atoms with Gasteiger partial charge in [0, 0.05) is 34.2 Å². The predicted molar refractivity (Wildman–Crippen MR) is 156 cm³/mol. The van der Waals surface area contributed by atoms with E-state index >= 15 is 0 Å². The average Bonchev–Trinajstić information content (AvgIpc) is 3.02. The van der Waals surface area contributed by atoms with Gasteiger partial charge in [0.15, 0.2) is 11.9 Å². The van der Waals surface area contributed by atoms with Gasteiger partial charge in [0.25, 0.3) is 5.91 Å². The van der Waals surface area contributed by atoms with E-state index in [-0.39, 0.29) is 34.4 Å². The van der Waals surface area contributed by atoms with Crippen molar-refractivity contribution in [1.29, 1.82) is 0 Å². The van der Waals surface area contributed by atoms with Gasteiger partial charge in [-0.2, -0.15) is 0 Å². The highest BCUT2D eigenvalue weighted by atomic mass is 35.5. The number of unbranched alkanes of at least 4 members (excludes halogenated alkanes) is 1. The van der Waals surface area contributed by atoms with Crippen LogP contribution >= 0.6 is 46.4 Å². The summed E-state index contributed by atoms with van der Waals surface area (Å²) in [7, 11) is 0. The number of hydrogen-bond acceptors (Lipinski definition) is 5. The molecule has 4 rings (SSSR count). The van der Waals surface area contributed by atoms with Crippen LogP contribution in [0.4, 0.5) is 0 Å². The SMILES string of the molecule is CCCCOCCOc1ccc(Cl)cc1C(=O)NC1N=C(c2c(Cl)cc(Cl)cc2Cl)c2ccccc2CC1=O. The molecular weight excluding hydrogens is 582 g/mol. The average molecular weight is 608 g/mol. The van der Waals surface area contributed by atoms with Crippen LogP contribution < -0.4 is 10.1 Å². The van der Waals surface area contributed by atoms with Crippen molar-refractivity contribution >= 4 is 63.8 Å². The Kier molecular flexibility index (Phi) is 10.3. The fourth-order valence-electron chi connectivity index (χ4n) is 4.11. The summed E-state index contributed by atoms with van der Waals surface area (Å²) in [6, 6.07) is 15.1. The van der Waals surface area contributed by atoms with Crippen molar-refractivity contribution in [2.75, 3.05) is 19.8 Å². The fraction of sp³-hybridized carbons (Fsp3) is 0.276. The van der Waals surface area contributed by atoms with Crippen LogP contribution in [0.15, 0.2) is 59.6 Å². The molecule has 1 atom stereocenters. The normalized spacial score (nSPS) is 14.8. The number of nitrogens with zero attached hydrogens (tertiary/aromatic N) is 1. The number of amides is 1. The first kappa shape index (κ1) is 29.4. The molecule has 204 valence electrons. The van der Waals surface area contributed by atoms with Gasteiger partial charge in [-0.1, -0.05) is 84.0 Å². The molecule has 0 spiro atoms. The van der Waals surface area contributed by atoms with Crippen molar-refractivity contribution in [3.05, 3.63) is 96.9 Å². The van der Waals surface area contributed by atoms with Crippen LogP contribution in [0, 0.1) is 0 Å². The third kappa shape index (κ3) is 7.33. The maximum absolute atomic E-state index is 13.4. The van der Waals surface area contributed by atoms with E-state index in [0.717, 1.165) is 18.4 Å². The summed E-state index contributed by atoms with van der Waals surface area (Å²) >= 11 is 25.4. The van der Waals surface area contributed by atoms with E-state index in [4.69, 9.17) is 55.9 Å². The summed E-state index contributed by atoms with van der Waals surface area (Å²) in [6.07, 6.45) is 0.828. The van der Waals surface area contributed by atoms with Crippen LogP contribution in [0.2, 0.25) is 20.1 Å². The van der Waals surface area contributed by atoms with Crippen LogP contribution in [-0.4, -0.2) is 43.4 Å². The van der Waals surface area contributed by atoms with Gasteiger partial charge in [0.1, 0.15) is 12.4 Å². The Morgan fingerprint density at radius 3 is 2.46 bits per heavy atom. The second-order valence-corrected chi connectivity index (χ2v) is 10.5. The number of fused-ring (bicyclic) bond motifs is 1. The highest BCUT2D eigenvalue weighted by molar-refractivity contribution is 6.43. The van der Waals surface area contributed by atoms with Gasteiger partial charge in [-0.3, -0.25) is 14.6 Å². The van der Waals surface area contributed by atoms with E-state index in [9.17, 15) is 9.59 Å². The van der Waals surface area contributed by atoms with Gasteiger partial charge in [-0.05, 0) is 42.3 Å². The Hall–Kier alpha value is -2.61. The Morgan fingerprint density at radius 1 is 0.974 bits per heavy atom. The Balaban J connectivity index is 1.64. The minimum Gasteiger partial charge on any atom is -0.490 e. The zero-order chi connectivity index (χ0) is 27.9. The monoisotopic (exact) mass is 606 g/mol. The highest BCUT2D eigenvalue weighted by Gasteiger charge is 2.30. The molecule has 0 radical (unpaired) electrons. The number of aliphatic imine (C=N–C) groups is 1. The van der Waals surface area contributed by atoms with Crippen LogP contribution in [0.1, 0.15) is 46.8 Å². The van der Waals surface area contributed by atoms with Crippen LogP contribution in [0.25, 0.3) is 0 Å². The number of ether oxygens (including phenoxy) is 2. The molecule has 1 unspecified atom stereocenters. The Bertz CT molecular complexity index is 1390. The van der Waals surface area contributed by atoms with Gasteiger partial charge in [0.2, 0.25) is 0 Å². The molecule has 0 aliphatic carbocycles. The van der Waals surface area contributed by atoms with E-state index < -0.39 is 12.1 Å². The maximum atomic E-state index is 13.4. The molecule has 3 aromatic carbocycles. The van der Waals surface area contributed by atoms with E-state index in [0.29, 0.717) is 45.8 Å². The molecule has 0 saturated carbocycles. The molecule has 1 N–H and O–H groups in total. The largest absolute Gasteiger partial charge is 0.490 e. The lowest BCUT2D eigenvalue weighted by Crippen LogP contribution is -2.40. The minimum absolute atomic E-state index is 0.0466. The third-order valence-electron chi connectivity index (χ3n) is 6.03. The smallest absolute Gasteiger partial charge is 0.257 e. The summed E-state index contributed by atoms with van der Waals surface area (Å²) in [5.41, 5.74) is 2.38. The molecule has 1 aliphatic rings. The van der Waals surface area contributed by atoms with Crippen LogP contribution in [0.5, 0.6) is 5.75 Å². The molecule has 0 aromatic heterocycles. The maximum Gasteiger partial charge on any atom is 0.257 e. The quantitative estimate of drug-likeness (QED) is 0.247. The number of benzene rings is 3. The van der Waals surface area contributed by atoms with E-state index in [1.807, 2.05) is 24.3 Å². The zero-order valence-electron chi connectivity index (χ0n) is 21.1. The Labute approximate surface area is 247 Å². The van der Waals surface area contributed by atoms with Crippen LogP contribution in [0.3, 0.4) is 0 Å². The van der Waals surface area contributed by atoms with Crippen LogP contribution in [-0.2, 0) is 16.0 Å². The molecule has 0 bridgehead atoms. The lowest BCUT2D eigenvalue weighted by molar-refractivity contribution is -0.120. The second-order valence-electron chi connectivity index (χ2n) is 8.85. The molecule has 1 aliphatic heterocycles. The number of carbonyl (C=O) groups is 2. The molecular formula is C29H26Cl4N2O4. The van der Waals surface area contributed by atoms with Gasteiger partial charge < -0.3 is 14.8 Å². The molecule has 39 heavy (non-hydrogen) atoms. The van der Waals surface area contributed by atoms with Crippen molar-refractivity contribution in [3.8, 4) is 5.75 Å². The first-order chi connectivity index (χ1) is 18.8. The Morgan fingerprint density at radius 2 is 1.72 bits per heavy atom. The third-order valence-corrected chi connectivity index (χ3v) is 7.08. The molecule has 10 heteroatoms. The number of carbonyl (C=O) groups excluding carboxylic acids is 2. The first-order valence-corrected chi connectivity index (χ1v) is 13.9. The van der Waals surface area contributed by atoms with Crippen molar-refractivity contribution in [1.82, 2.24) is 5.32 Å². The summed E-state index contributed by atoms with van der Waals surface area (Å²) < 4.78 is 11.3. The van der Waals surface area contributed by atoms with Crippen molar-refractivity contribution < 1.29 is 19.1 Å². The predicted octanol–water partition coefficient (Wildman–Crippen LogP) is 7.21. The molecule has 0 fully saturated rings. The van der Waals surface area contributed by atoms with Crippen molar-refractivity contribution in [3.63, 3.8) is 0 Å². The number of ketones is 1. The molecule has 6 nitrogen and oxygen atoms in total. The van der Waals surface area contributed by atoms with Crippen molar-refractivity contribution in [2.45, 2.75) is 32.4 Å². The standard InChI is InChI=1S/C29H26Cl4N2O4/c1-2-3-10-38-11-12-39-25-9-8-18(30)14-21(25)29(37)35-28-24(36)13-17-6-4-5-7-20(17)27(34-28)26-22(32)15-19(31)16-23(26)33/h4-9,14-16,28H,2-3,10-13H2,1H3,(H,35,37). The summed E-state index contributed by atoms with van der Waals surface area (Å²) in [6.45, 7) is 3.35. The van der Waals surface area contributed by atoms with E-state index in [1.165, 1.54) is 6.07 Å². The summed E-state index contributed by atoms with van der Waals surface area (Å²) in [4.78, 5) is 31.4. The lowest BCUT2D eigenvalue weighted by atomic mass is 9.96. The van der Waals surface area contributed by atoms with Gasteiger partial charge in [-0.25, -0.2) is 0 Å². The number of halogens is 4. The molecule has 3 aromatic rings. The minimum atomic E-state index is -1.22. The number of nitrogens with one attached hydrogen (secondary N) is 1. The second kappa shape index (κ2) is 13.6. The molecule has 0 saturated heterocycles. The van der Waals surface area contributed by atoms with E-state index in [1.54, 1.807) is 24.3 Å². The van der Waals surface area contributed by atoms with Gasteiger partial charge >= 0.3 is 0 Å². The number of hydrogen-bond donors (Lipinski definition) is 1. The molecule has 1 heterocycles. The summed E-state index contributed by atoms with van der Waals surface area (Å²) in [5, 5.41) is 3.98. The number of rotatable bonds is 10. The lowest BCUT2D eigenvalue weighted by Gasteiger charge is -2.17.